The summed E-state index contributed by atoms with van der Waals surface area (Å²) in [6, 6.07) is 1.93. The normalized spacial score (nSPS) is 16.2. The Balaban J connectivity index is 1.95. The lowest BCUT2D eigenvalue weighted by Crippen LogP contribution is -2.35. The third kappa shape index (κ3) is 4.33. The van der Waals surface area contributed by atoms with Gasteiger partial charge in [0.05, 0.1) is 0 Å². The molecule has 5 heteroatoms. The molecule has 1 fully saturated rings. The van der Waals surface area contributed by atoms with E-state index in [2.05, 4.69) is 27.2 Å². The molecule has 20 heavy (non-hydrogen) atoms. The fourth-order valence-electron chi connectivity index (χ4n) is 2.42. The van der Waals surface area contributed by atoms with Gasteiger partial charge in [0.2, 0.25) is 5.95 Å². The molecule has 0 spiro atoms. The second kappa shape index (κ2) is 7.62. The maximum absolute atomic E-state index is 12.2. The molecule has 0 bridgehead atoms. The van der Waals surface area contributed by atoms with Crippen LogP contribution in [0.4, 0.5) is 5.95 Å². The zero-order valence-electron chi connectivity index (χ0n) is 11.8. The van der Waals surface area contributed by atoms with Crippen molar-refractivity contribution in [3.8, 4) is 0 Å². The van der Waals surface area contributed by atoms with Crippen LogP contribution in [0.3, 0.4) is 0 Å². The average Bonchev–Trinajstić information content (AvgIpc) is 2.74. The van der Waals surface area contributed by atoms with Gasteiger partial charge < -0.3 is 10.6 Å². The quantitative estimate of drug-likeness (QED) is 0.639. The summed E-state index contributed by atoms with van der Waals surface area (Å²) in [5.41, 5.74) is 0.413. The second-order valence-corrected chi connectivity index (χ2v) is 5.10. The molecule has 1 saturated carbocycles. The van der Waals surface area contributed by atoms with Crippen molar-refractivity contribution in [2.75, 3.05) is 11.9 Å². The molecule has 2 N–H and O–H groups in total. The van der Waals surface area contributed by atoms with Gasteiger partial charge in [0.15, 0.2) is 0 Å². The number of nitrogens with one attached hydrogen (secondary N) is 2. The van der Waals surface area contributed by atoms with Crippen molar-refractivity contribution in [1.29, 1.82) is 0 Å². The Morgan fingerprint density at radius 1 is 1.35 bits per heavy atom. The molecular formula is C15H22N4O. The average molecular weight is 274 g/mol. The summed E-state index contributed by atoms with van der Waals surface area (Å²) in [7, 11) is 0. The van der Waals surface area contributed by atoms with E-state index in [1.165, 1.54) is 25.7 Å². The number of aromatic nitrogens is 2. The van der Waals surface area contributed by atoms with Crippen molar-refractivity contribution in [3.05, 3.63) is 30.6 Å². The van der Waals surface area contributed by atoms with Gasteiger partial charge in [-0.1, -0.05) is 31.8 Å². The van der Waals surface area contributed by atoms with Gasteiger partial charge in [-0.3, -0.25) is 4.79 Å². The van der Waals surface area contributed by atoms with Crippen LogP contribution in [0.15, 0.2) is 24.9 Å². The first-order valence-electron chi connectivity index (χ1n) is 7.28. The SMILES string of the molecule is C=CCNc1nccc(C(=O)NC2CCCCCC2)n1. The maximum atomic E-state index is 12.2. The molecular weight excluding hydrogens is 252 g/mol. The molecule has 0 aliphatic heterocycles. The van der Waals surface area contributed by atoms with Crippen LogP contribution in [0.5, 0.6) is 0 Å². The first kappa shape index (κ1) is 14.5. The summed E-state index contributed by atoms with van der Waals surface area (Å²) in [6.45, 7) is 4.20. The minimum atomic E-state index is -0.110. The molecule has 0 radical (unpaired) electrons. The molecule has 0 saturated heterocycles. The van der Waals surface area contributed by atoms with Gasteiger partial charge in [0.25, 0.3) is 5.91 Å². The molecule has 0 atom stereocenters. The topological polar surface area (TPSA) is 66.9 Å². The first-order valence-corrected chi connectivity index (χ1v) is 7.28. The summed E-state index contributed by atoms with van der Waals surface area (Å²) < 4.78 is 0. The van der Waals surface area contributed by atoms with E-state index in [4.69, 9.17) is 0 Å². The zero-order chi connectivity index (χ0) is 14.2. The number of carbonyl (C=O) groups is 1. The number of amides is 1. The van der Waals surface area contributed by atoms with Gasteiger partial charge in [-0.25, -0.2) is 9.97 Å². The molecule has 5 nitrogen and oxygen atoms in total. The largest absolute Gasteiger partial charge is 0.351 e. The smallest absolute Gasteiger partial charge is 0.270 e. The molecule has 2 rings (SSSR count). The number of carbonyl (C=O) groups excluding carboxylic acids is 1. The Kier molecular flexibility index (Phi) is 5.53. The van der Waals surface area contributed by atoms with Crippen molar-refractivity contribution in [1.82, 2.24) is 15.3 Å². The Morgan fingerprint density at radius 2 is 2.10 bits per heavy atom. The Labute approximate surface area is 119 Å². The molecule has 1 aromatic heterocycles. The molecule has 0 unspecified atom stereocenters. The van der Waals surface area contributed by atoms with Crippen molar-refractivity contribution < 1.29 is 4.79 Å². The molecule has 1 amide bonds. The van der Waals surface area contributed by atoms with Crippen LogP contribution in [0.2, 0.25) is 0 Å². The Bertz CT molecular complexity index is 453. The maximum Gasteiger partial charge on any atom is 0.270 e. The van der Waals surface area contributed by atoms with E-state index >= 15 is 0 Å². The predicted octanol–water partition coefficient (Wildman–Crippen LogP) is 2.53. The highest BCUT2D eigenvalue weighted by molar-refractivity contribution is 5.92. The van der Waals surface area contributed by atoms with E-state index in [0.29, 0.717) is 18.2 Å². The van der Waals surface area contributed by atoms with Crippen LogP contribution in [-0.4, -0.2) is 28.5 Å². The lowest BCUT2D eigenvalue weighted by Gasteiger charge is -2.15. The molecule has 1 heterocycles. The summed E-state index contributed by atoms with van der Waals surface area (Å²) in [5, 5.41) is 6.06. The van der Waals surface area contributed by atoms with Crippen molar-refractivity contribution in [2.45, 2.75) is 44.6 Å². The number of anilines is 1. The van der Waals surface area contributed by atoms with Crippen LogP contribution in [0, 0.1) is 0 Å². The van der Waals surface area contributed by atoms with E-state index in [1.54, 1.807) is 18.3 Å². The lowest BCUT2D eigenvalue weighted by molar-refractivity contribution is 0.0928. The number of hydrogen-bond donors (Lipinski definition) is 2. The molecule has 1 aromatic rings. The number of rotatable bonds is 5. The van der Waals surface area contributed by atoms with E-state index in [9.17, 15) is 4.79 Å². The second-order valence-electron chi connectivity index (χ2n) is 5.10. The summed E-state index contributed by atoms with van der Waals surface area (Å²) >= 11 is 0. The molecule has 0 aromatic carbocycles. The molecule has 108 valence electrons. The van der Waals surface area contributed by atoms with Gasteiger partial charge in [-0.2, -0.15) is 0 Å². The summed E-state index contributed by atoms with van der Waals surface area (Å²) in [5.74, 6) is 0.347. The van der Waals surface area contributed by atoms with Crippen LogP contribution in [-0.2, 0) is 0 Å². The third-order valence-corrected chi connectivity index (χ3v) is 3.48. The number of nitrogens with zero attached hydrogens (tertiary/aromatic N) is 2. The zero-order valence-corrected chi connectivity index (χ0v) is 11.8. The van der Waals surface area contributed by atoms with Crippen LogP contribution < -0.4 is 10.6 Å². The van der Waals surface area contributed by atoms with E-state index in [1.807, 2.05) is 0 Å². The summed E-state index contributed by atoms with van der Waals surface area (Å²) in [4.78, 5) is 20.5. The van der Waals surface area contributed by atoms with E-state index in [-0.39, 0.29) is 11.9 Å². The van der Waals surface area contributed by atoms with Crippen LogP contribution in [0.25, 0.3) is 0 Å². The Morgan fingerprint density at radius 3 is 2.80 bits per heavy atom. The van der Waals surface area contributed by atoms with Crippen molar-refractivity contribution >= 4 is 11.9 Å². The third-order valence-electron chi connectivity index (χ3n) is 3.48. The monoisotopic (exact) mass is 274 g/mol. The van der Waals surface area contributed by atoms with Crippen LogP contribution in [0.1, 0.15) is 49.0 Å². The fraction of sp³-hybridized carbons (Fsp3) is 0.533. The van der Waals surface area contributed by atoms with E-state index < -0.39 is 0 Å². The van der Waals surface area contributed by atoms with Gasteiger partial charge in [-0.05, 0) is 18.9 Å². The van der Waals surface area contributed by atoms with E-state index in [0.717, 1.165) is 12.8 Å². The Hall–Kier alpha value is -1.91. The highest BCUT2D eigenvalue weighted by Gasteiger charge is 2.16. The first-order chi connectivity index (χ1) is 9.79. The minimum Gasteiger partial charge on any atom is -0.351 e. The molecule has 1 aliphatic carbocycles. The van der Waals surface area contributed by atoms with Gasteiger partial charge in [0, 0.05) is 18.8 Å². The van der Waals surface area contributed by atoms with Gasteiger partial charge in [0.1, 0.15) is 5.69 Å². The highest BCUT2D eigenvalue weighted by atomic mass is 16.1. The molecule has 1 aliphatic rings. The lowest BCUT2D eigenvalue weighted by atomic mass is 10.1. The van der Waals surface area contributed by atoms with Gasteiger partial charge in [-0.15, -0.1) is 6.58 Å². The van der Waals surface area contributed by atoms with Crippen molar-refractivity contribution in [2.24, 2.45) is 0 Å². The highest BCUT2D eigenvalue weighted by Crippen LogP contribution is 2.17. The predicted molar refractivity (Wildman–Crippen MR) is 79.7 cm³/mol. The minimum absolute atomic E-state index is 0.110. The number of hydrogen-bond acceptors (Lipinski definition) is 4. The van der Waals surface area contributed by atoms with Gasteiger partial charge >= 0.3 is 0 Å². The fourth-order valence-corrected chi connectivity index (χ4v) is 2.42. The van der Waals surface area contributed by atoms with Crippen LogP contribution >= 0.6 is 0 Å². The summed E-state index contributed by atoms with van der Waals surface area (Å²) in [6.07, 6.45) is 10.4. The van der Waals surface area contributed by atoms with Crippen molar-refractivity contribution in [3.63, 3.8) is 0 Å². The standard InChI is InChI=1S/C15H22N4O/c1-2-10-16-15-17-11-9-13(19-15)14(20)18-12-7-5-3-4-6-8-12/h2,9,11-12H,1,3-8,10H2,(H,18,20)(H,16,17,19).